The quantitative estimate of drug-likeness (QED) is 0.327. The number of rotatable bonds is 4. The monoisotopic (exact) mass is 214 g/mol. The summed E-state index contributed by atoms with van der Waals surface area (Å²) in [5.41, 5.74) is 0. The van der Waals surface area contributed by atoms with Gasteiger partial charge in [0.1, 0.15) is 11.7 Å². The number of hydrogen-bond donors (Lipinski definition) is 4. The lowest BCUT2D eigenvalue weighted by Crippen LogP contribution is -2.40. The van der Waals surface area contributed by atoms with Crippen LogP contribution in [0.2, 0.25) is 0 Å². The van der Waals surface area contributed by atoms with Crippen molar-refractivity contribution in [2.75, 3.05) is 6.54 Å². The first-order valence-electron chi connectivity index (χ1n) is 4.40. The molecule has 0 aliphatic heterocycles. The second kappa shape index (κ2) is 5.82. The van der Waals surface area contributed by atoms with Crippen molar-refractivity contribution in [1.29, 1.82) is 10.8 Å². The zero-order valence-electron chi connectivity index (χ0n) is 8.89. The third-order valence-corrected chi connectivity index (χ3v) is 1.74. The van der Waals surface area contributed by atoms with Gasteiger partial charge in [0.15, 0.2) is 0 Å². The third kappa shape index (κ3) is 4.43. The first-order valence-corrected chi connectivity index (χ1v) is 4.85. The van der Waals surface area contributed by atoms with E-state index in [2.05, 4.69) is 24.5 Å². The molecule has 0 rings (SSSR count). The van der Waals surface area contributed by atoms with E-state index >= 15 is 0 Å². The average molecular weight is 214 g/mol. The maximum absolute atomic E-state index is 7.71. The summed E-state index contributed by atoms with van der Waals surface area (Å²) in [7, 11) is 0. The minimum atomic E-state index is 0.251. The highest BCUT2D eigenvalue weighted by atomic mass is 32.1. The smallest absolute Gasteiger partial charge is 0.120 e. The van der Waals surface area contributed by atoms with Gasteiger partial charge in [0, 0.05) is 6.04 Å². The third-order valence-electron chi connectivity index (χ3n) is 1.54. The molecule has 0 aliphatic rings. The Labute approximate surface area is 90.8 Å². The minimum absolute atomic E-state index is 0.251. The van der Waals surface area contributed by atoms with Crippen LogP contribution in [0.1, 0.15) is 20.8 Å². The Morgan fingerprint density at radius 1 is 1.50 bits per heavy atom. The first-order chi connectivity index (χ1) is 6.36. The molecule has 0 radical (unpaired) electrons. The van der Waals surface area contributed by atoms with Gasteiger partial charge in [-0.3, -0.25) is 15.7 Å². The standard InChI is InChI=1S/C9H18N4S/c1-6(2)12-5-9(11)13(7(3)10)8(4)14/h6,10-12,14H,4-5H2,1-3H3. The molecule has 4 nitrogen and oxygen atoms in total. The van der Waals surface area contributed by atoms with E-state index in [4.69, 9.17) is 10.8 Å². The molecule has 14 heavy (non-hydrogen) atoms. The molecule has 80 valence electrons. The van der Waals surface area contributed by atoms with Gasteiger partial charge in [-0.25, -0.2) is 0 Å². The zero-order chi connectivity index (χ0) is 11.3. The molecule has 0 spiro atoms. The average Bonchev–Trinajstić information content (AvgIpc) is 1.99. The number of hydrogen-bond acceptors (Lipinski definition) is 4. The van der Waals surface area contributed by atoms with Gasteiger partial charge in [0.2, 0.25) is 0 Å². The van der Waals surface area contributed by atoms with E-state index in [1.165, 1.54) is 4.90 Å². The molecule has 0 amide bonds. The Bertz CT molecular complexity index is 233. The van der Waals surface area contributed by atoms with Gasteiger partial charge in [0.05, 0.1) is 11.6 Å². The molecule has 0 heterocycles. The van der Waals surface area contributed by atoms with E-state index in [0.29, 0.717) is 17.6 Å². The Kier molecular flexibility index (Phi) is 5.49. The largest absolute Gasteiger partial charge is 0.308 e. The van der Waals surface area contributed by atoms with Gasteiger partial charge in [0.25, 0.3) is 0 Å². The molecule has 0 aromatic rings. The normalized spacial score (nSPS) is 10.1. The van der Waals surface area contributed by atoms with Crippen molar-refractivity contribution in [2.45, 2.75) is 26.8 Å². The predicted octanol–water partition coefficient (Wildman–Crippen LogP) is 1.66. The molecule has 0 unspecified atom stereocenters. The van der Waals surface area contributed by atoms with Crippen molar-refractivity contribution < 1.29 is 0 Å². The summed E-state index contributed by atoms with van der Waals surface area (Å²) in [5.74, 6) is 0.534. The molecule has 0 saturated carbocycles. The highest BCUT2D eigenvalue weighted by Gasteiger charge is 2.12. The van der Waals surface area contributed by atoms with Crippen molar-refractivity contribution in [2.24, 2.45) is 0 Å². The summed E-state index contributed by atoms with van der Waals surface area (Å²) in [6.45, 7) is 9.63. The number of amidine groups is 2. The van der Waals surface area contributed by atoms with Gasteiger partial charge < -0.3 is 5.32 Å². The van der Waals surface area contributed by atoms with Crippen LogP contribution >= 0.6 is 12.6 Å². The molecule has 3 N–H and O–H groups in total. The van der Waals surface area contributed by atoms with Crippen molar-refractivity contribution in [3.63, 3.8) is 0 Å². The van der Waals surface area contributed by atoms with Crippen LogP contribution in [0.25, 0.3) is 0 Å². The van der Waals surface area contributed by atoms with Gasteiger partial charge in [-0.2, -0.15) is 0 Å². The fraction of sp³-hybridized carbons (Fsp3) is 0.556. The molecule has 0 saturated heterocycles. The number of nitrogens with zero attached hydrogens (tertiary/aromatic N) is 1. The van der Waals surface area contributed by atoms with E-state index in [-0.39, 0.29) is 11.7 Å². The lowest BCUT2D eigenvalue weighted by atomic mass is 10.3. The second-order valence-corrected chi connectivity index (χ2v) is 3.84. The van der Waals surface area contributed by atoms with Crippen LogP contribution in [0, 0.1) is 10.8 Å². The van der Waals surface area contributed by atoms with E-state index < -0.39 is 0 Å². The predicted molar refractivity (Wildman–Crippen MR) is 64.2 cm³/mol. The summed E-state index contributed by atoms with van der Waals surface area (Å²) in [6, 6.07) is 0.316. The van der Waals surface area contributed by atoms with E-state index in [0.717, 1.165) is 0 Å². The SMILES string of the molecule is C=C(S)N(C(C)=N)C(=N)CNC(C)C. The zero-order valence-corrected chi connectivity index (χ0v) is 9.78. The summed E-state index contributed by atoms with van der Waals surface area (Å²) >= 11 is 4.04. The van der Waals surface area contributed by atoms with Gasteiger partial charge in [-0.05, 0) is 6.92 Å². The highest BCUT2D eigenvalue weighted by Crippen LogP contribution is 2.06. The fourth-order valence-electron chi connectivity index (χ4n) is 0.932. The minimum Gasteiger partial charge on any atom is -0.308 e. The number of nitrogens with one attached hydrogen (secondary N) is 3. The maximum Gasteiger partial charge on any atom is 0.120 e. The lowest BCUT2D eigenvalue weighted by Gasteiger charge is -2.23. The van der Waals surface area contributed by atoms with Crippen molar-refractivity contribution in [3.05, 3.63) is 11.6 Å². The fourth-order valence-corrected chi connectivity index (χ4v) is 1.20. The summed E-state index contributed by atoms with van der Waals surface area (Å²) in [5, 5.41) is 18.7. The van der Waals surface area contributed by atoms with E-state index in [1.54, 1.807) is 6.92 Å². The summed E-state index contributed by atoms with van der Waals surface area (Å²) < 4.78 is 0. The molecular weight excluding hydrogens is 196 g/mol. The van der Waals surface area contributed by atoms with E-state index in [1.807, 2.05) is 13.8 Å². The highest BCUT2D eigenvalue weighted by molar-refractivity contribution is 7.84. The van der Waals surface area contributed by atoms with E-state index in [9.17, 15) is 0 Å². The van der Waals surface area contributed by atoms with Crippen LogP contribution in [0.4, 0.5) is 0 Å². The molecule has 0 aromatic carbocycles. The lowest BCUT2D eigenvalue weighted by molar-refractivity contribution is 0.619. The topological polar surface area (TPSA) is 63.0 Å². The second-order valence-electron chi connectivity index (χ2n) is 3.32. The van der Waals surface area contributed by atoms with Crippen LogP contribution < -0.4 is 5.32 Å². The molecule has 0 bridgehead atoms. The van der Waals surface area contributed by atoms with Gasteiger partial charge >= 0.3 is 0 Å². The van der Waals surface area contributed by atoms with Crippen molar-refractivity contribution >= 4 is 24.3 Å². The summed E-state index contributed by atoms with van der Waals surface area (Å²) in [4.78, 5) is 1.39. The van der Waals surface area contributed by atoms with Crippen LogP contribution in [0.15, 0.2) is 11.6 Å². The van der Waals surface area contributed by atoms with Crippen LogP contribution in [0.3, 0.4) is 0 Å². The maximum atomic E-state index is 7.71. The Hall–Kier alpha value is -0.810. The van der Waals surface area contributed by atoms with Gasteiger partial charge in [-0.15, -0.1) is 12.6 Å². The van der Waals surface area contributed by atoms with Crippen LogP contribution in [0.5, 0.6) is 0 Å². The molecule has 0 fully saturated rings. The molecule has 5 heteroatoms. The Morgan fingerprint density at radius 3 is 2.29 bits per heavy atom. The van der Waals surface area contributed by atoms with Crippen molar-refractivity contribution in [3.8, 4) is 0 Å². The molecule has 0 aliphatic carbocycles. The molecule has 0 atom stereocenters. The van der Waals surface area contributed by atoms with Crippen LogP contribution in [-0.4, -0.2) is 29.2 Å². The summed E-state index contributed by atoms with van der Waals surface area (Å²) in [6.07, 6.45) is 0. The molecule has 0 aromatic heterocycles. The molecular formula is C9H18N4S. The number of thiol groups is 1. The van der Waals surface area contributed by atoms with Crippen molar-refractivity contribution in [1.82, 2.24) is 10.2 Å². The van der Waals surface area contributed by atoms with Crippen LogP contribution in [-0.2, 0) is 0 Å². The Balaban J connectivity index is 4.31. The van der Waals surface area contributed by atoms with Gasteiger partial charge in [-0.1, -0.05) is 20.4 Å². The first kappa shape index (κ1) is 13.2. The Morgan fingerprint density at radius 2 is 2.00 bits per heavy atom.